The first-order valence-corrected chi connectivity index (χ1v) is 6.21. The second kappa shape index (κ2) is 6.62. The molecule has 0 aromatic heterocycles. The van der Waals surface area contributed by atoms with Gasteiger partial charge in [-0.25, -0.2) is 0 Å². The summed E-state index contributed by atoms with van der Waals surface area (Å²) in [4.78, 5) is 2.23. The van der Waals surface area contributed by atoms with Crippen LogP contribution >= 0.6 is 11.6 Å². The standard InChI is InChI=1S/C13H20ClN3/c1-3-17(7-6-13(15)16)9-11-5-4-10(2)8-12(11)14/h4-5,8H,3,6-7,9H2,1-2H3,(H3,15,16). The van der Waals surface area contributed by atoms with E-state index in [1.54, 1.807) is 0 Å². The number of amidine groups is 1. The Morgan fingerprint density at radius 3 is 2.71 bits per heavy atom. The SMILES string of the molecule is CCN(CCC(=N)N)Cc1ccc(C)cc1Cl. The van der Waals surface area contributed by atoms with Gasteiger partial charge in [-0.2, -0.15) is 0 Å². The average molecular weight is 254 g/mol. The minimum Gasteiger partial charge on any atom is -0.388 e. The minimum atomic E-state index is 0.235. The second-order valence-electron chi connectivity index (χ2n) is 4.24. The molecule has 0 aliphatic rings. The van der Waals surface area contributed by atoms with Crippen LogP contribution in [-0.4, -0.2) is 23.8 Å². The van der Waals surface area contributed by atoms with E-state index in [2.05, 4.69) is 24.0 Å². The Hall–Kier alpha value is -1.06. The summed E-state index contributed by atoms with van der Waals surface area (Å²) in [7, 11) is 0. The zero-order valence-corrected chi connectivity index (χ0v) is 11.2. The van der Waals surface area contributed by atoms with Gasteiger partial charge in [-0.1, -0.05) is 30.7 Å². The van der Waals surface area contributed by atoms with Crippen LogP contribution in [0.15, 0.2) is 18.2 Å². The van der Waals surface area contributed by atoms with Crippen LogP contribution in [0.3, 0.4) is 0 Å². The lowest BCUT2D eigenvalue weighted by molar-refractivity contribution is 0.288. The van der Waals surface area contributed by atoms with E-state index in [1.165, 1.54) is 5.56 Å². The quantitative estimate of drug-likeness (QED) is 0.605. The molecule has 0 saturated heterocycles. The van der Waals surface area contributed by atoms with Crippen LogP contribution < -0.4 is 5.73 Å². The number of rotatable bonds is 6. The lowest BCUT2D eigenvalue weighted by Crippen LogP contribution is -2.27. The molecule has 0 radical (unpaired) electrons. The van der Waals surface area contributed by atoms with E-state index in [9.17, 15) is 0 Å². The van der Waals surface area contributed by atoms with Crippen molar-refractivity contribution in [1.29, 1.82) is 5.41 Å². The van der Waals surface area contributed by atoms with Gasteiger partial charge in [-0.15, -0.1) is 0 Å². The molecule has 0 fully saturated rings. The number of hydrogen-bond acceptors (Lipinski definition) is 2. The van der Waals surface area contributed by atoms with E-state index >= 15 is 0 Å². The van der Waals surface area contributed by atoms with Gasteiger partial charge in [0, 0.05) is 24.5 Å². The molecule has 0 bridgehead atoms. The van der Waals surface area contributed by atoms with Crippen LogP contribution in [0.25, 0.3) is 0 Å². The molecule has 1 aromatic carbocycles. The van der Waals surface area contributed by atoms with E-state index in [4.69, 9.17) is 22.7 Å². The summed E-state index contributed by atoms with van der Waals surface area (Å²) < 4.78 is 0. The molecule has 0 heterocycles. The third-order valence-electron chi connectivity index (χ3n) is 2.75. The highest BCUT2D eigenvalue weighted by atomic mass is 35.5. The Morgan fingerprint density at radius 1 is 1.47 bits per heavy atom. The Morgan fingerprint density at radius 2 is 2.18 bits per heavy atom. The maximum atomic E-state index is 7.24. The lowest BCUT2D eigenvalue weighted by Gasteiger charge is -2.20. The highest BCUT2D eigenvalue weighted by Gasteiger charge is 2.07. The molecular weight excluding hydrogens is 234 g/mol. The molecule has 17 heavy (non-hydrogen) atoms. The van der Waals surface area contributed by atoms with Gasteiger partial charge in [0.15, 0.2) is 0 Å². The van der Waals surface area contributed by atoms with Crippen molar-refractivity contribution in [2.45, 2.75) is 26.8 Å². The summed E-state index contributed by atoms with van der Waals surface area (Å²) in [6.07, 6.45) is 0.608. The van der Waals surface area contributed by atoms with Crippen molar-refractivity contribution >= 4 is 17.4 Å². The maximum absolute atomic E-state index is 7.24. The highest BCUT2D eigenvalue weighted by molar-refractivity contribution is 6.31. The molecule has 0 unspecified atom stereocenters. The predicted octanol–water partition coefficient (Wildman–Crippen LogP) is 2.80. The molecule has 1 aromatic rings. The van der Waals surface area contributed by atoms with E-state index < -0.39 is 0 Å². The number of nitrogens with zero attached hydrogens (tertiary/aromatic N) is 1. The first-order valence-electron chi connectivity index (χ1n) is 5.83. The summed E-state index contributed by atoms with van der Waals surface area (Å²) >= 11 is 6.20. The highest BCUT2D eigenvalue weighted by Crippen LogP contribution is 2.19. The van der Waals surface area contributed by atoms with Gasteiger partial charge >= 0.3 is 0 Å². The number of halogens is 1. The first kappa shape index (κ1) is 14.0. The zero-order chi connectivity index (χ0) is 12.8. The first-order chi connectivity index (χ1) is 8.02. The van der Waals surface area contributed by atoms with Gasteiger partial charge in [0.2, 0.25) is 0 Å². The number of nitrogens with one attached hydrogen (secondary N) is 1. The Labute approximate surface area is 108 Å². The van der Waals surface area contributed by atoms with E-state index in [-0.39, 0.29) is 5.84 Å². The molecule has 0 saturated carbocycles. The molecule has 4 heteroatoms. The summed E-state index contributed by atoms with van der Waals surface area (Å²) in [5.41, 5.74) is 7.67. The van der Waals surface area contributed by atoms with Gasteiger partial charge in [-0.3, -0.25) is 10.3 Å². The monoisotopic (exact) mass is 253 g/mol. The summed E-state index contributed by atoms with van der Waals surface area (Å²) in [5, 5.41) is 8.05. The van der Waals surface area contributed by atoms with Crippen LogP contribution in [0.4, 0.5) is 0 Å². The molecular formula is C13H20ClN3. The summed E-state index contributed by atoms with van der Waals surface area (Å²) in [5.74, 6) is 0.235. The fourth-order valence-electron chi connectivity index (χ4n) is 1.65. The zero-order valence-electron chi connectivity index (χ0n) is 10.5. The number of benzene rings is 1. The molecule has 0 aliphatic carbocycles. The maximum Gasteiger partial charge on any atom is 0.0918 e. The van der Waals surface area contributed by atoms with Gasteiger partial charge < -0.3 is 5.73 Å². The third-order valence-corrected chi connectivity index (χ3v) is 3.10. The van der Waals surface area contributed by atoms with Crippen LogP contribution in [0, 0.1) is 12.3 Å². The topological polar surface area (TPSA) is 53.1 Å². The summed E-state index contributed by atoms with van der Waals surface area (Å²) in [6.45, 7) is 6.67. The lowest BCUT2D eigenvalue weighted by atomic mass is 10.1. The van der Waals surface area contributed by atoms with Crippen molar-refractivity contribution in [2.24, 2.45) is 5.73 Å². The van der Waals surface area contributed by atoms with Crippen LogP contribution in [0.1, 0.15) is 24.5 Å². The van der Waals surface area contributed by atoms with Crippen molar-refractivity contribution in [3.8, 4) is 0 Å². The Balaban J connectivity index is 2.63. The third kappa shape index (κ3) is 4.75. The minimum absolute atomic E-state index is 0.235. The molecule has 0 spiro atoms. The van der Waals surface area contributed by atoms with Crippen molar-refractivity contribution in [1.82, 2.24) is 4.90 Å². The van der Waals surface area contributed by atoms with Crippen LogP contribution in [0.5, 0.6) is 0 Å². The molecule has 0 atom stereocenters. The van der Waals surface area contributed by atoms with E-state index in [1.807, 2.05) is 13.0 Å². The van der Waals surface area contributed by atoms with Gasteiger partial charge in [0.1, 0.15) is 0 Å². The number of aryl methyl sites for hydroxylation is 1. The fraction of sp³-hybridized carbons (Fsp3) is 0.462. The summed E-state index contributed by atoms with van der Waals surface area (Å²) in [6, 6.07) is 6.11. The van der Waals surface area contributed by atoms with Crippen molar-refractivity contribution in [2.75, 3.05) is 13.1 Å². The smallest absolute Gasteiger partial charge is 0.0918 e. The molecule has 3 nitrogen and oxygen atoms in total. The van der Waals surface area contributed by atoms with Crippen LogP contribution in [-0.2, 0) is 6.54 Å². The number of hydrogen-bond donors (Lipinski definition) is 2. The van der Waals surface area contributed by atoms with Gasteiger partial charge in [-0.05, 0) is 30.7 Å². The van der Waals surface area contributed by atoms with Crippen molar-refractivity contribution in [3.63, 3.8) is 0 Å². The van der Waals surface area contributed by atoms with E-state index in [0.717, 1.165) is 30.2 Å². The molecule has 3 N–H and O–H groups in total. The fourth-order valence-corrected chi connectivity index (χ4v) is 1.94. The average Bonchev–Trinajstić information content (AvgIpc) is 2.26. The Kier molecular flexibility index (Phi) is 5.45. The van der Waals surface area contributed by atoms with Gasteiger partial charge in [0.05, 0.1) is 5.84 Å². The van der Waals surface area contributed by atoms with Crippen molar-refractivity contribution < 1.29 is 0 Å². The molecule has 0 aliphatic heterocycles. The van der Waals surface area contributed by atoms with Crippen LogP contribution in [0.2, 0.25) is 5.02 Å². The predicted molar refractivity (Wildman–Crippen MR) is 73.7 cm³/mol. The van der Waals surface area contributed by atoms with Crippen molar-refractivity contribution in [3.05, 3.63) is 34.3 Å². The number of nitrogens with two attached hydrogens (primary N) is 1. The van der Waals surface area contributed by atoms with E-state index in [0.29, 0.717) is 6.42 Å². The Bertz CT molecular complexity index is 390. The van der Waals surface area contributed by atoms with Gasteiger partial charge in [0.25, 0.3) is 0 Å². The molecule has 0 amide bonds. The molecule has 94 valence electrons. The largest absolute Gasteiger partial charge is 0.388 e. The molecule has 1 rings (SSSR count). The normalized spacial score (nSPS) is 10.8. The second-order valence-corrected chi connectivity index (χ2v) is 4.65.